The van der Waals surface area contributed by atoms with Crippen molar-refractivity contribution in [1.29, 1.82) is 0 Å². The number of carbonyl (C=O) groups excluding carboxylic acids is 1. The number of aryl methyl sites for hydroxylation is 1. The van der Waals surface area contributed by atoms with E-state index in [1.807, 2.05) is 25.1 Å². The minimum atomic E-state index is -3.63. The molecule has 1 aliphatic carbocycles. The molecule has 2 aromatic carbocycles. The van der Waals surface area contributed by atoms with E-state index in [1.165, 1.54) is 0 Å². The summed E-state index contributed by atoms with van der Waals surface area (Å²) in [5.74, 6) is 0.623. The third-order valence-corrected chi connectivity index (χ3v) is 6.56. The summed E-state index contributed by atoms with van der Waals surface area (Å²) in [4.78, 5) is 12.9. The van der Waals surface area contributed by atoms with E-state index >= 15 is 0 Å². The summed E-state index contributed by atoms with van der Waals surface area (Å²) in [6.45, 7) is 6.81. The lowest BCUT2D eigenvalue weighted by atomic mass is 9.94. The zero-order valence-electron chi connectivity index (χ0n) is 16.7. The summed E-state index contributed by atoms with van der Waals surface area (Å²) in [5.41, 5.74) is 1.86. The number of carbonyl (C=O) groups is 1. The molecule has 1 aliphatic rings. The average Bonchev–Trinajstić information content (AvgIpc) is 3.44. The Bertz CT molecular complexity index is 946. The van der Waals surface area contributed by atoms with Crippen LogP contribution in [0.15, 0.2) is 53.4 Å². The largest absolute Gasteiger partial charge is 0.355 e. The molecule has 2 N–H and O–H groups in total. The second-order valence-corrected chi connectivity index (χ2v) is 9.70. The third kappa shape index (κ3) is 4.55. The van der Waals surface area contributed by atoms with Gasteiger partial charge in [-0.05, 0) is 67.5 Å². The fraction of sp³-hybridized carbons (Fsp3) is 0.409. The van der Waals surface area contributed by atoms with Gasteiger partial charge in [0.05, 0.1) is 10.3 Å². The SMILES string of the molecule is Cc1cccc(S(=O)(=O)Nc2ccc(C3(C(=O)NCCC(C)C)CC3)cc2)c1. The average molecular weight is 401 g/mol. The molecule has 0 aliphatic heterocycles. The summed E-state index contributed by atoms with van der Waals surface area (Å²) in [6.07, 6.45) is 2.62. The standard InChI is InChI=1S/C22H28N2O3S/c1-16(2)11-14-23-21(25)22(12-13-22)18-7-9-19(10-8-18)24-28(26,27)20-6-4-5-17(3)15-20/h4-10,15-16,24H,11-14H2,1-3H3,(H,23,25). The predicted molar refractivity (Wildman–Crippen MR) is 112 cm³/mol. The van der Waals surface area contributed by atoms with Crippen molar-refractivity contribution in [3.05, 3.63) is 59.7 Å². The van der Waals surface area contributed by atoms with Crippen molar-refractivity contribution >= 4 is 21.6 Å². The van der Waals surface area contributed by atoms with Gasteiger partial charge in [-0.25, -0.2) is 8.42 Å². The molecule has 0 bridgehead atoms. The van der Waals surface area contributed by atoms with Gasteiger partial charge in [-0.2, -0.15) is 0 Å². The molecular weight excluding hydrogens is 372 g/mol. The molecular formula is C22H28N2O3S. The second kappa shape index (κ2) is 7.95. The summed E-state index contributed by atoms with van der Waals surface area (Å²) < 4.78 is 27.7. The summed E-state index contributed by atoms with van der Waals surface area (Å²) in [6, 6.07) is 13.9. The van der Waals surface area contributed by atoms with Crippen LogP contribution in [0.5, 0.6) is 0 Å². The maximum Gasteiger partial charge on any atom is 0.261 e. The predicted octanol–water partition coefficient (Wildman–Crippen LogP) is 3.99. The number of hydrogen-bond acceptors (Lipinski definition) is 3. The highest BCUT2D eigenvalue weighted by Gasteiger charge is 2.51. The van der Waals surface area contributed by atoms with Crippen molar-refractivity contribution in [2.24, 2.45) is 5.92 Å². The van der Waals surface area contributed by atoms with Gasteiger partial charge in [0.2, 0.25) is 5.91 Å². The molecule has 0 radical (unpaired) electrons. The molecule has 28 heavy (non-hydrogen) atoms. The third-order valence-electron chi connectivity index (χ3n) is 5.18. The molecule has 0 atom stereocenters. The van der Waals surface area contributed by atoms with E-state index in [2.05, 4.69) is 23.9 Å². The lowest BCUT2D eigenvalue weighted by Gasteiger charge is -2.17. The highest BCUT2D eigenvalue weighted by atomic mass is 32.2. The Kier molecular flexibility index (Phi) is 5.79. The van der Waals surface area contributed by atoms with Crippen molar-refractivity contribution in [3.8, 4) is 0 Å². The maximum absolute atomic E-state index is 12.6. The van der Waals surface area contributed by atoms with Gasteiger partial charge in [0.25, 0.3) is 10.0 Å². The lowest BCUT2D eigenvalue weighted by molar-refractivity contribution is -0.123. The van der Waals surface area contributed by atoms with E-state index in [4.69, 9.17) is 0 Å². The van der Waals surface area contributed by atoms with E-state index in [0.717, 1.165) is 30.4 Å². The second-order valence-electron chi connectivity index (χ2n) is 8.02. The van der Waals surface area contributed by atoms with Crippen LogP contribution in [-0.2, 0) is 20.2 Å². The number of hydrogen-bond donors (Lipinski definition) is 2. The number of amides is 1. The van der Waals surface area contributed by atoms with Gasteiger partial charge in [0.1, 0.15) is 0 Å². The van der Waals surface area contributed by atoms with Gasteiger partial charge >= 0.3 is 0 Å². The first kappa shape index (κ1) is 20.4. The summed E-state index contributed by atoms with van der Waals surface area (Å²) >= 11 is 0. The Morgan fingerprint density at radius 1 is 1.11 bits per heavy atom. The van der Waals surface area contributed by atoms with Gasteiger partial charge in [-0.1, -0.05) is 38.1 Å². The van der Waals surface area contributed by atoms with E-state index in [1.54, 1.807) is 30.3 Å². The molecule has 0 saturated heterocycles. The highest BCUT2D eigenvalue weighted by Crippen LogP contribution is 2.48. The fourth-order valence-electron chi connectivity index (χ4n) is 3.27. The number of anilines is 1. The highest BCUT2D eigenvalue weighted by molar-refractivity contribution is 7.92. The van der Waals surface area contributed by atoms with Crippen LogP contribution in [0, 0.1) is 12.8 Å². The van der Waals surface area contributed by atoms with E-state index in [0.29, 0.717) is 18.2 Å². The number of rotatable bonds is 8. The molecule has 2 aromatic rings. The minimum Gasteiger partial charge on any atom is -0.355 e. The first-order valence-electron chi connectivity index (χ1n) is 9.71. The zero-order valence-corrected chi connectivity index (χ0v) is 17.5. The van der Waals surface area contributed by atoms with Gasteiger partial charge in [0.15, 0.2) is 0 Å². The molecule has 0 aromatic heterocycles. The molecule has 0 heterocycles. The van der Waals surface area contributed by atoms with Crippen LogP contribution < -0.4 is 10.0 Å². The van der Waals surface area contributed by atoms with Crippen molar-refractivity contribution in [2.45, 2.75) is 50.3 Å². The molecule has 6 heteroatoms. The Balaban J connectivity index is 1.69. The molecule has 1 amide bonds. The van der Waals surface area contributed by atoms with E-state index in [9.17, 15) is 13.2 Å². The van der Waals surface area contributed by atoms with Crippen LogP contribution in [0.25, 0.3) is 0 Å². The Labute approximate surface area is 167 Å². The first-order valence-corrected chi connectivity index (χ1v) is 11.2. The summed E-state index contributed by atoms with van der Waals surface area (Å²) in [7, 11) is -3.63. The summed E-state index contributed by atoms with van der Waals surface area (Å²) in [5, 5.41) is 3.04. The van der Waals surface area contributed by atoms with Crippen LogP contribution in [-0.4, -0.2) is 20.9 Å². The number of sulfonamides is 1. The topological polar surface area (TPSA) is 75.3 Å². The Hall–Kier alpha value is -2.34. The first-order chi connectivity index (χ1) is 13.2. The normalized spacial score (nSPS) is 15.3. The van der Waals surface area contributed by atoms with Crippen molar-refractivity contribution in [1.82, 2.24) is 5.32 Å². The molecule has 3 rings (SSSR count). The molecule has 1 saturated carbocycles. The Morgan fingerprint density at radius 2 is 1.79 bits per heavy atom. The van der Waals surface area contributed by atoms with Crippen LogP contribution in [0.4, 0.5) is 5.69 Å². The van der Waals surface area contributed by atoms with Crippen molar-refractivity contribution < 1.29 is 13.2 Å². The fourth-order valence-corrected chi connectivity index (χ4v) is 4.43. The number of nitrogens with one attached hydrogen (secondary N) is 2. The van der Waals surface area contributed by atoms with E-state index < -0.39 is 15.4 Å². The Morgan fingerprint density at radius 3 is 2.36 bits per heavy atom. The lowest BCUT2D eigenvalue weighted by Crippen LogP contribution is -2.35. The van der Waals surface area contributed by atoms with Gasteiger partial charge in [-0.3, -0.25) is 9.52 Å². The molecule has 5 nitrogen and oxygen atoms in total. The van der Waals surface area contributed by atoms with Crippen molar-refractivity contribution in [2.75, 3.05) is 11.3 Å². The zero-order chi connectivity index (χ0) is 20.4. The van der Waals surface area contributed by atoms with Crippen LogP contribution in [0.1, 0.15) is 44.2 Å². The van der Waals surface area contributed by atoms with E-state index in [-0.39, 0.29) is 10.8 Å². The minimum absolute atomic E-state index is 0.0706. The molecule has 150 valence electrons. The quantitative estimate of drug-likeness (QED) is 0.703. The monoisotopic (exact) mass is 400 g/mol. The van der Waals surface area contributed by atoms with Gasteiger partial charge in [0, 0.05) is 12.2 Å². The van der Waals surface area contributed by atoms with Crippen LogP contribution >= 0.6 is 0 Å². The molecule has 1 fully saturated rings. The maximum atomic E-state index is 12.6. The van der Waals surface area contributed by atoms with Gasteiger partial charge in [-0.15, -0.1) is 0 Å². The van der Waals surface area contributed by atoms with Crippen LogP contribution in [0.2, 0.25) is 0 Å². The molecule has 0 unspecified atom stereocenters. The van der Waals surface area contributed by atoms with Crippen LogP contribution in [0.3, 0.4) is 0 Å². The number of benzene rings is 2. The smallest absolute Gasteiger partial charge is 0.261 e. The van der Waals surface area contributed by atoms with Gasteiger partial charge < -0.3 is 5.32 Å². The molecule has 0 spiro atoms. The van der Waals surface area contributed by atoms with Crippen molar-refractivity contribution in [3.63, 3.8) is 0 Å².